The highest BCUT2D eigenvalue weighted by molar-refractivity contribution is 5.91. The molecule has 0 atom stereocenters. The van der Waals surface area contributed by atoms with E-state index >= 15 is 0 Å². The number of hydrogen-bond donors (Lipinski definition) is 2. The van der Waals surface area contributed by atoms with Gasteiger partial charge in [0.2, 0.25) is 0 Å². The van der Waals surface area contributed by atoms with E-state index in [2.05, 4.69) is 10.3 Å². The Bertz CT molecular complexity index is 358. The van der Waals surface area contributed by atoms with Gasteiger partial charge in [0.05, 0.1) is 11.9 Å². The van der Waals surface area contributed by atoms with Gasteiger partial charge in [-0.15, -0.1) is 0 Å². The largest absolute Gasteiger partial charge is 0.384 e. The Balaban J connectivity index is 2.02. The Labute approximate surface area is 88.3 Å². The number of carbonyl (C=O) groups excluding carboxylic acids is 1. The summed E-state index contributed by atoms with van der Waals surface area (Å²) in [4.78, 5) is 17.1. The molecule has 0 spiro atoms. The van der Waals surface area contributed by atoms with Crippen LogP contribution in [0.25, 0.3) is 0 Å². The lowest BCUT2D eigenvalue weighted by molar-refractivity contribution is 0.247. The molecular formula is C10H14N4O. The second-order valence-corrected chi connectivity index (χ2v) is 3.72. The average Bonchev–Trinajstić information content (AvgIpc) is 3.02. The molecule has 1 aromatic rings. The highest BCUT2D eigenvalue weighted by atomic mass is 16.2. The second-order valence-electron chi connectivity index (χ2n) is 3.72. The fraction of sp³-hybridized carbons (Fsp3) is 0.400. The number of carbonyl (C=O) groups is 1. The summed E-state index contributed by atoms with van der Waals surface area (Å²) in [5, 5.41) is 2.89. The molecule has 2 amide bonds. The summed E-state index contributed by atoms with van der Waals surface area (Å²) < 4.78 is 0. The fourth-order valence-corrected chi connectivity index (χ4v) is 1.21. The van der Waals surface area contributed by atoms with E-state index in [-0.39, 0.29) is 6.03 Å². The molecule has 0 saturated heterocycles. The highest BCUT2D eigenvalue weighted by Gasteiger charge is 2.25. The third-order valence-electron chi connectivity index (χ3n) is 2.37. The lowest BCUT2D eigenvalue weighted by Crippen LogP contribution is -2.38. The van der Waals surface area contributed by atoms with E-state index in [1.54, 1.807) is 25.4 Å². The molecular weight excluding hydrogens is 192 g/mol. The Morgan fingerprint density at radius 1 is 1.60 bits per heavy atom. The van der Waals surface area contributed by atoms with E-state index in [0.29, 0.717) is 11.9 Å². The summed E-state index contributed by atoms with van der Waals surface area (Å²) in [6.45, 7) is 0. The van der Waals surface area contributed by atoms with Crippen LogP contribution in [0.1, 0.15) is 12.8 Å². The number of hydrogen-bond acceptors (Lipinski definition) is 3. The van der Waals surface area contributed by atoms with Gasteiger partial charge in [0, 0.05) is 13.1 Å². The van der Waals surface area contributed by atoms with E-state index in [9.17, 15) is 4.79 Å². The van der Waals surface area contributed by atoms with Gasteiger partial charge >= 0.3 is 6.03 Å². The van der Waals surface area contributed by atoms with E-state index in [4.69, 9.17) is 5.73 Å². The van der Waals surface area contributed by atoms with Crippen LogP contribution in [-0.4, -0.2) is 24.1 Å². The molecule has 1 heterocycles. The van der Waals surface area contributed by atoms with Crippen LogP contribution < -0.4 is 16.0 Å². The van der Waals surface area contributed by atoms with Crippen molar-refractivity contribution in [2.45, 2.75) is 18.9 Å². The normalized spacial score (nSPS) is 14.7. The zero-order chi connectivity index (χ0) is 10.8. The van der Waals surface area contributed by atoms with Crippen molar-refractivity contribution in [1.82, 2.24) is 10.3 Å². The number of anilines is 2. The number of nitrogens with one attached hydrogen (secondary N) is 1. The number of rotatable bonds is 2. The topological polar surface area (TPSA) is 71.2 Å². The maximum absolute atomic E-state index is 11.6. The van der Waals surface area contributed by atoms with Crippen LogP contribution in [0.2, 0.25) is 0 Å². The molecule has 5 nitrogen and oxygen atoms in total. The van der Waals surface area contributed by atoms with Gasteiger partial charge in [-0.1, -0.05) is 0 Å². The number of nitrogens with two attached hydrogens (primary N) is 1. The summed E-state index contributed by atoms with van der Waals surface area (Å²) in [7, 11) is 1.71. The van der Waals surface area contributed by atoms with Crippen molar-refractivity contribution in [2.75, 3.05) is 17.7 Å². The molecule has 1 aromatic heterocycles. The average molecular weight is 206 g/mol. The molecule has 80 valence electrons. The number of amides is 2. The molecule has 1 fully saturated rings. The van der Waals surface area contributed by atoms with Crippen LogP contribution in [-0.2, 0) is 0 Å². The van der Waals surface area contributed by atoms with Crippen LogP contribution in [0, 0.1) is 0 Å². The van der Waals surface area contributed by atoms with Gasteiger partial charge in [0.25, 0.3) is 0 Å². The van der Waals surface area contributed by atoms with Crippen molar-refractivity contribution >= 4 is 17.5 Å². The van der Waals surface area contributed by atoms with E-state index in [1.165, 1.54) is 4.90 Å². The first-order chi connectivity index (χ1) is 7.16. The molecule has 1 aliphatic carbocycles. The minimum absolute atomic E-state index is 0.0935. The predicted octanol–water partition coefficient (Wildman–Crippen LogP) is 0.972. The first-order valence-corrected chi connectivity index (χ1v) is 4.92. The molecule has 1 aliphatic rings. The third-order valence-corrected chi connectivity index (χ3v) is 2.37. The lowest BCUT2D eigenvalue weighted by Gasteiger charge is -2.17. The molecule has 0 unspecified atom stereocenters. The van der Waals surface area contributed by atoms with Crippen LogP contribution in [0.15, 0.2) is 18.3 Å². The second kappa shape index (κ2) is 3.76. The summed E-state index contributed by atoms with van der Waals surface area (Å²) >= 11 is 0. The van der Waals surface area contributed by atoms with Gasteiger partial charge in [-0.3, -0.25) is 4.90 Å². The number of nitrogen functional groups attached to an aromatic ring is 1. The molecule has 2 rings (SSSR count). The predicted molar refractivity (Wildman–Crippen MR) is 58.6 cm³/mol. The smallest absolute Gasteiger partial charge is 0.321 e. The first kappa shape index (κ1) is 9.76. The molecule has 0 aliphatic heterocycles. The molecule has 0 bridgehead atoms. The summed E-state index contributed by atoms with van der Waals surface area (Å²) in [5.41, 5.74) is 6.20. The molecule has 0 radical (unpaired) electrons. The van der Waals surface area contributed by atoms with Gasteiger partial charge in [0.1, 0.15) is 5.82 Å². The maximum Gasteiger partial charge on any atom is 0.321 e. The van der Waals surface area contributed by atoms with Gasteiger partial charge in [0.15, 0.2) is 0 Å². The Morgan fingerprint density at radius 3 is 2.87 bits per heavy atom. The van der Waals surface area contributed by atoms with Crippen molar-refractivity contribution in [1.29, 1.82) is 0 Å². The summed E-state index contributed by atoms with van der Waals surface area (Å²) in [6.07, 6.45) is 3.75. The monoisotopic (exact) mass is 206 g/mol. The van der Waals surface area contributed by atoms with Gasteiger partial charge in [-0.05, 0) is 25.0 Å². The van der Waals surface area contributed by atoms with Crippen LogP contribution in [0.4, 0.5) is 16.3 Å². The number of nitrogens with zero attached hydrogens (tertiary/aromatic N) is 2. The maximum atomic E-state index is 11.6. The quantitative estimate of drug-likeness (QED) is 0.757. The Hall–Kier alpha value is -1.78. The van der Waals surface area contributed by atoms with Crippen molar-refractivity contribution in [2.24, 2.45) is 0 Å². The van der Waals surface area contributed by atoms with Crippen molar-refractivity contribution < 1.29 is 4.79 Å². The zero-order valence-electron chi connectivity index (χ0n) is 8.60. The van der Waals surface area contributed by atoms with E-state index in [1.807, 2.05) is 0 Å². The van der Waals surface area contributed by atoms with Crippen molar-refractivity contribution in [3.8, 4) is 0 Å². The van der Waals surface area contributed by atoms with Crippen molar-refractivity contribution in [3.63, 3.8) is 0 Å². The molecule has 5 heteroatoms. The Morgan fingerprint density at radius 2 is 2.33 bits per heavy atom. The number of urea groups is 1. The molecule has 0 aromatic carbocycles. The van der Waals surface area contributed by atoms with Gasteiger partial charge in [-0.2, -0.15) is 0 Å². The summed E-state index contributed by atoms with van der Waals surface area (Å²) in [5.74, 6) is 0.453. The van der Waals surface area contributed by atoms with E-state index in [0.717, 1.165) is 18.5 Å². The van der Waals surface area contributed by atoms with Gasteiger partial charge < -0.3 is 11.1 Å². The minimum Gasteiger partial charge on any atom is -0.384 e. The Kier molecular flexibility index (Phi) is 2.45. The standard InChI is InChI=1S/C10H14N4O/c1-14(10(15)13-7-2-3-7)8-4-5-9(11)12-6-8/h4-7H,2-3H2,1H3,(H2,11,12)(H,13,15). The molecule has 3 N–H and O–H groups in total. The van der Waals surface area contributed by atoms with Crippen molar-refractivity contribution in [3.05, 3.63) is 18.3 Å². The van der Waals surface area contributed by atoms with E-state index < -0.39 is 0 Å². The molecule has 1 saturated carbocycles. The minimum atomic E-state index is -0.0935. The molecule has 15 heavy (non-hydrogen) atoms. The van der Waals surface area contributed by atoms with Crippen LogP contribution in [0.3, 0.4) is 0 Å². The third kappa shape index (κ3) is 2.37. The first-order valence-electron chi connectivity index (χ1n) is 4.92. The fourth-order valence-electron chi connectivity index (χ4n) is 1.21. The zero-order valence-corrected chi connectivity index (χ0v) is 8.60. The highest BCUT2D eigenvalue weighted by Crippen LogP contribution is 2.20. The van der Waals surface area contributed by atoms with Gasteiger partial charge in [-0.25, -0.2) is 9.78 Å². The summed E-state index contributed by atoms with van der Waals surface area (Å²) in [6, 6.07) is 3.72. The lowest BCUT2D eigenvalue weighted by atomic mass is 10.4. The van der Waals surface area contributed by atoms with Crippen LogP contribution in [0.5, 0.6) is 0 Å². The van der Waals surface area contributed by atoms with Crippen LogP contribution >= 0.6 is 0 Å². The number of pyridine rings is 1. The number of aromatic nitrogens is 1. The SMILES string of the molecule is CN(C(=O)NC1CC1)c1ccc(N)nc1.